The molecule has 0 spiro atoms. The maximum Gasteiger partial charge on any atom is 0.244 e. The van der Waals surface area contributed by atoms with Crippen molar-refractivity contribution in [1.82, 2.24) is 10.2 Å². The lowest BCUT2D eigenvalue weighted by Gasteiger charge is -2.34. The fourth-order valence-corrected chi connectivity index (χ4v) is 5.52. The summed E-state index contributed by atoms with van der Waals surface area (Å²) in [6.07, 6.45) is 6.09. The lowest BCUT2D eigenvalue weighted by atomic mass is 9.95. The Bertz CT molecular complexity index is 1200. The molecule has 3 rings (SSSR count). The van der Waals surface area contributed by atoms with E-state index in [-0.39, 0.29) is 35.6 Å². The van der Waals surface area contributed by atoms with Gasteiger partial charge in [0.15, 0.2) is 0 Å². The monoisotopic (exact) mass is 555 g/mol. The van der Waals surface area contributed by atoms with Crippen molar-refractivity contribution in [2.75, 3.05) is 17.1 Å². The van der Waals surface area contributed by atoms with Crippen LogP contribution in [0.2, 0.25) is 5.02 Å². The molecule has 7 nitrogen and oxygen atoms in total. The Morgan fingerprint density at radius 2 is 1.73 bits per heavy atom. The minimum atomic E-state index is -3.98. The van der Waals surface area contributed by atoms with E-state index >= 15 is 0 Å². The number of hydrogen-bond donors (Lipinski definition) is 1. The van der Waals surface area contributed by atoms with E-state index in [4.69, 9.17) is 11.6 Å². The molecule has 2 amide bonds. The van der Waals surface area contributed by atoms with Crippen LogP contribution in [0.25, 0.3) is 0 Å². The number of nitrogens with one attached hydrogen (secondary N) is 1. The number of nitrogens with zero attached hydrogens (tertiary/aromatic N) is 2. The first-order valence-corrected chi connectivity index (χ1v) is 14.5. The SMILES string of the molecule is CCC(C(=O)NC1CCCCC1)N(Cc1ccc(F)cc1)C(=O)CN(c1ccc(F)c(Cl)c1)S(C)(=O)=O. The summed E-state index contributed by atoms with van der Waals surface area (Å²) < 4.78 is 53.3. The molecular weight excluding hydrogens is 524 g/mol. The molecular formula is C26H32ClF2N3O4S. The normalized spacial score (nSPS) is 15.2. The van der Waals surface area contributed by atoms with Gasteiger partial charge in [-0.3, -0.25) is 13.9 Å². The standard InChI is InChI=1S/C26H32ClF2N3O4S/c1-3-24(26(34)30-20-7-5-4-6-8-20)31(16-18-9-11-19(28)12-10-18)25(33)17-32(37(2,35)36)21-13-14-23(29)22(27)15-21/h9-15,20,24H,3-8,16-17H2,1-2H3,(H,30,34). The molecule has 1 N–H and O–H groups in total. The van der Waals surface area contributed by atoms with Crippen molar-refractivity contribution >= 4 is 39.1 Å². The average molecular weight is 556 g/mol. The van der Waals surface area contributed by atoms with Gasteiger partial charge in [-0.05, 0) is 55.2 Å². The zero-order valence-corrected chi connectivity index (χ0v) is 22.5. The van der Waals surface area contributed by atoms with Gasteiger partial charge in [0.25, 0.3) is 0 Å². The van der Waals surface area contributed by atoms with E-state index < -0.39 is 40.2 Å². The molecule has 11 heteroatoms. The Balaban J connectivity index is 1.92. The highest BCUT2D eigenvalue weighted by atomic mass is 35.5. The van der Waals surface area contributed by atoms with Crippen LogP contribution >= 0.6 is 11.6 Å². The molecule has 202 valence electrons. The topological polar surface area (TPSA) is 86.8 Å². The Morgan fingerprint density at radius 3 is 2.30 bits per heavy atom. The smallest absolute Gasteiger partial charge is 0.244 e. The minimum Gasteiger partial charge on any atom is -0.352 e. The van der Waals surface area contributed by atoms with Crippen molar-refractivity contribution in [3.05, 3.63) is 64.7 Å². The second-order valence-electron chi connectivity index (χ2n) is 9.28. The van der Waals surface area contributed by atoms with Gasteiger partial charge < -0.3 is 10.2 Å². The molecule has 0 saturated heterocycles. The maximum absolute atomic E-state index is 13.7. The summed E-state index contributed by atoms with van der Waals surface area (Å²) in [5.41, 5.74) is 0.595. The van der Waals surface area contributed by atoms with Crippen molar-refractivity contribution in [3.8, 4) is 0 Å². The summed E-state index contributed by atoms with van der Waals surface area (Å²) in [7, 11) is -3.98. The molecule has 0 bridgehead atoms. The van der Waals surface area contributed by atoms with Crippen LogP contribution in [0.3, 0.4) is 0 Å². The molecule has 1 saturated carbocycles. The number of anilines is 1. The van der Waals surface area contributed by atoms with Crippen LogP contribution in [-0.2, 0) is 26.2 Å². The highest BCUT2D eigenvalue weighted by Crippen LogP contribution is 2.25. The molecule has 0 aromatic heterocycles. The van der Waals surface area contributed by atoms with Gasteiger partial charge in [0.05, 0.1) is 17.0 Å². The van der Waals surface area contributed by atoms with Crippen molar-refractivity contribution in [3.63, 3.8) is 0 Å². The summed E-state index contributed by atoms with van der Waals surface area (Å²) in [4.78, 5) is 28.3. The van der Waals surface area contributed by atoms with Gasteiger partial charge in [-0.25, -0.2) is 17.2 Å². The van der Waals surface area contributed by atoms with Crippen LogP contribution in [-0.4, -0.2) is 50.0 Å². The van der Waals surface area contributed by atoms with Gasteiger partial charge >= 0.3 is 0 Å². The fourth-order valence-electron chi connectivity index (χ4n) is 4.50. The zero-order chi connectivity index (χ0) is 27.2. The summed E-state index contributed by atoms with van der Waals surface area (Å²) >= 11 is 5.86. The van der Waals surface area contributed by atoms with Gasteiger partial charge in [0.1, 0.15) is 24.2 Å². The molecule has 0 radical (unpaired) electrons. The number of benzene rings is 2. The molecule has 1 unspecified atom stereocenters. The molecule has 37 heavy (non-hydrogen) atoms. The molecule has 2 aromatic carbocycles. The Kier molecular flexibility index (Phi) is 9.89. The molecule has 1 aliphatic rings. The number of hydrogen-bond acceptors (Lipinski definition) is 4. The van der Waals surface area contributed by atoms with E-state index in [1.54, 1.807) is 6.92 Å². The Hall–Kier alpha value is -2.72. The van der Waals surface area contributed by atoms with Crippen LogP contribution in [0, 0.1) is 11.6 Å². The van der Waals surface area contributed by atoms with E-state index in [2.05, 4.69) is 5.32 Å². The summed E-state index contributed by atoms with van der Waals surface area (Å²) in [6.45, 7) is 1.11. The highest BCUT2D eigenvalue weighted by Gasteiger charge is 2.33. The quantitative estimate of drug-likeness (QED) is 0.463. The van der Waals surface area contributed by atoms with Crippen molar-refractivity contribution in [2.45, 2.75) is 64.1 Å². The fraction of sp³-hybridized carbons (Fsp3) is 0.462. The van der Waals surface area contributed by atoms with Crippen molar-refractivity contribution < 1.29 is 26.8 Å². The number of halogens is 3. The maximum atomic E-state index is 13.7. The summed E-state index contributed by atoms with van der Waals surface area (Å²) in [5, 5.41) is 2.75. The number of amides is 2. The lowest BCUT2D eigenvalue weighted by molar-refractivity contribution is -0.140. The zero-order valence-electron chi connectivity index (χ0n) is 20.9. The molecule has 0 aliphatic heterocycles. The van der Waals surface area contributed by atoms with Crippen LogP contribution in [0.5, 0.6) is 0 Å². The first-order chi connectivity index (χ1) is 17.5. The van der Waals surface area contributed by atoms with E-state index in [1.165, 1.54) is 35.2 Å². The number of rotatable bonds is 10. The van der Waals surface area contributed by atoms with Gasteiger partial charge in [-0.2, -0.15) is 0 Å². The van der Waals surface area contributed by atoms with Crippen molar-refractivity contribution in [2.24, 2.45) is 0 Å². The lowest BCUT2D eigenvalue weighted by Crippen LogP contribution is -2.53. The molecule has 2 aromatic rings. The van der Waals surface area contributed by atoms with Gasteiger partial charge in [0.2, 0.25) is 21.8 Å². The third-order valence-corrected chi connectivity index (χ3v) is 7.90. The first kappa shape index (κ1) is 28.8. The first-order valence-electron chi connectivity index (χ1n) is 12.3. The molecule has 1 fully saturated rings. The highest BCUT2D eigenvalue weighted by molar-refractivity contribution is 7.92. The molecule has 1 aliphatic carbocycles. The van der Waals surface area contributed by atoms with Gasteiger partial charge in [0, 0.05) is 12.6 Å². The number of carbonyl (C=O) groups is 2. The summed E-state index contributed by atoms with van der Waals surface area (Å²) in [6, 6.07) is 8.03. The van der Waals surface area contributed by atoms with Crippen LogP contribution in [0.1, 0.15) is 51.0 Å². The van der Waals surface area contributed by atoms with Crippen LogP contribution in [0.15, 0.2) is 42.5 Å². The second-order valence-corrected chi connectivity index (χ2v) is 11.6. The largest absolute Gasteiger partial charge is 0.352 e. The molecule has 1 atom stereocenters. The second kappa shape index (κ2) is 12.7. The van der Waals surface area contributed by atoms with E-state index in [0.717, 1.165) is 54.8 Å². The average Bonchev–Trinajstić information content (AvgIpc) is 2.85. The van der Waals surface area contributed by atoms with E-state index in [0.29, 0.717) is 5.56 Å². The third kappa shape index (κ3) is 7.88. The predicted octanol–water partition coefficient (Wildman–Crippen LogP) is 4.64. The third-order valence-electron chi connectivity index (χ3n) is 6.47. The predicted molar refractivity (Wildman–Crippen MR) is 140 cm³/mol. The van der Waals surface area contributed by atoms with Crippen LogP contribution in [0.4, 0.5) is 14.5 Å². The van der Waals surface area contributed by atoms with E-state index in [1.807, 2.05) is 0 Å². The molecule has 0 heterocycles. The minimum absolute atomic E-state index is 0.0173. The van der Waals surface area contributed by atoms with Gasteiger partial charge in [-0.1, -0.05) is 49.9 Å². The number of sulfonamides is 1. The Labute approximate surface area is 221 Å². The van der Waals surface area contributed by atoms with Crippen LogP contribution < -0.4 is 9.62 Å². The Morgan fingerprint density at radius 1 is 1.08 bits per heavy atom. The van der Waals surface area contributed by atoms with E-state index in [9.17, 15) is 26.8 Å². The van der Waals surface area contributed by atoms with Crippen molar-refractivity contribution in [1.29, 1.82) is 0 Å². The number of carbonyl (C=O) groups excluding carboxylic acids is 2. The van der Waals surface area contributed by atoms with Gasteiger partial charge in [-0.15, -0.1) is 0 Å². The summed E-state index contributed by atoms with van der Waals surface area (Å²) in [5.74, 6) is -2.13.